The summed E-state index contributed by atoms with van der Waals surface area (Å²) in [7, 11) is 1.71. The van der Waals surface area contributed by atoms with Crippen molar-refractivity contribution in [3.8, 4) is 0 Å². The van der Waals surface area contributed by atoms with E-state index in [0.717, 1.165) is 50.6 Å². The number of rotatable bonds is 8. The minimum absolute atomic E-state index is 0. The van der Waals surface area contributed by atoms with Crippen LogP contribution < -0.4 is 10.6 Å². The second-order valence-electron chi connectivity index (χ2n) is 5.28. The number of nitrogens with zero attached hydrogens (tertiary/aromatic N) is 2. The number of hydrogen-bond donors (Lipinski definition) is 2. The van der Waals surface area contributed by atoms with Crippen LogP contribution in [0, 0.1) is 0 Å². The molecule has 0 spiro atoms. The van der Waals surface area contributed by atoms with Crippen LogP contribution in [0.3, 0.4) is 0 Å². The summed E-state index contributed by atoms with van der Waals surface area (Å²) >= 11 is 0. The van der Waals surface area contributed by atoms with Gasteiger partial charge < -0.3 is 15.4 Å². The van der Waals surface area contributed by atoms with E-state index in [0.29, 0.717) is 0 Å². The molecule has 0 unspecified atom stereocenters. The van der Waals surface area contributed by atoms with Crippen molar-refractivity contribution >= 4 is 40.8 Å². The van der Waals surface area contributed by atoms with Gasteiger partial charge in [0.15, 0.2) is 5.96 Å². The summed E-state index contributed by atoms with van der Waals surface area (Å²) in [5.41, 5.74) is 2.34. The van der Waals surface area contributed by atoms with Gasteiger partial charge in [0.25, 0.3) is 0 Å². The van der Waals surface area contributed by atoms with Crippen molar-refractivity contribution in [2.24, 2.45) is 4.99 Å². The van der Waals surface area contributed by atoms with Crippen molar-refractivity contribution in [2.75, 3.05) is 33.4 Å². The van der Waals surface area contributed by atoms with Crippen LogP contribution in [0.2, 0.25) is 0 Å². The molecule has 1 aromatic carbocycles. The molecule has 0 radical (unpaired) electrons. The topological polar surface area (TPSA) is 58.5 Å². The molecule has 1 aromatic heterocycles. The highest BCUT2D eigenvalue weighted by Crippen LogP contribution is 2.15. The Kier molecular flexibility index (Phi) is 10.3. The third-order valence-corrected chi connectivity index (χ3v) is 3.52. The first-order valence-corrected chi connectivity index (χ1v) is 8.19. The van der Waals surface area contributed by atoms with Gasteiger partial charge in [-0.25, -0.2) is 0 Å². The molecule has 0 atom stereocenters. The van der Waals surface area contributed by atoms with E-state index in [1.165, 1.54) is 10.9 Å². The molecule has 0 aliphatic rings. The maximum absolute atomic E-state index is 5.05. The Morgan fingerprint density at radius 3 is 2.83 bits per heavy atom. The van der Waals surface area contributed by atoms with Crippen LogP contribution in [-0.2, 0) is 11.2 Å². The monoisotopic (exact) mass is 442 g/mol. The molecule has 2 aromatic rings. The standard InChI is InChI=1S/C18H26N4O.HI/c1-3-19-18(21-12-6-14-23-2)22-13-10-16-8-4-7-15-9-5-11-20-17(15)16;/h4-5,7-9,11H,3,6,10,12-14H2,1-2H3,(H2,19,21,22);1H. The summed E-state index contributed by atoms with van der Waals surface area (Å²) < 4.78 is 5.05. The molecule has 5 nitrogen and oxygen atoms in total. The lowest BCUT2D eigenvalue weighted by Crippen LogP contribution is -2.38. The first-order chi connectivity index (χ1) is 11.3. The van der Waals surface area contributed by atoms with Crippen molar-refractivity contribution in [3.63, 3.8) is 0 Å². The number of methoxy groups -OCH3 is 1. The first kappa shape index (κ1) is 20.6. The van der Waals surface area contributed by atoms with Gasteiger partial charge in [-0.05, 0) is 31.4 Å². The Morgan fingerprint density at radius 1 is 1.21 bits per heavy atom. The van der Waals surface area contributed by atoms with Crippen molar-refractivity contribution in [2.45, 2.75) is 19.8 Å². The second kappa shape index (κ2) is 12.0. The Morgan fingerprint density at radius 2 is 2.04 bits per heavy atom. The molecule has 0 aliphatic carbocycles. The number of pyridine rings is 1. The van der Waals surface area contributed by atoms with Crippen LogP contribution in [0.15, 0.2) is 41.5 Å². The number of nitrogens with one attached hydrogen (secondary N) is 2. The van der Waals surface area contributed by atoms with E-state index < -0.39 is 0 Å². The summed E-state index contributed by atoms with van der Waals surface area (Å²) in [6, 6.07) is 10.4. The predicted octanol–water partition coefficient (Wildman–Crippen LogP) is 2.99. The lowest BCUT2D eigenvalue weighted by molar-refractivity contribution is 0.197. The molecule has 6 heteroatoms. The van der Waals surface area contributed by atoms with Gasteiger partial charge in [-0.15, -0.1) is 24.0 Å². The highest BCUT2D eigenvalue weighted by atomic mass is 127. The van der Waals surface area contributed by atoms with E-state index in [1.54, 1.807) is 7.11 Å². The van der Waals surface area contributed by atoms with Crippen LogP contribution in [0.1, 0.15) is 18.9 Å². The number of para-hydroxylation sites is 1. The van der Waals surface area contributed by atoms with Gasteiger partial charge in [0, 0.05) is 44.9 Å². The van der Waals surface area contributed by atoms with E-state index in [4.69, 9.17) is 4.74 Å². The number of benzene rings is 1. The van der Waals surface area contributed by atoms with E-state index in [9.17, 15) is 0 Å². The molecule has 0 aliphatic heterocycles. The van der Waals surface area contributed by atoms with Crippen LogP contribution in [0.4, 0.5) is 0 Å². The summed E-state index contributed by atoms with van der Waals surface area (Å²) in [4.78, 5) is 9.04. The number of aromatic nitrogens is 1. The average Bonchev–Trinajstić information content (AvgIpc) is 2.59. The van der Waals surface area contributed by atoms with Gasteiger partial charge in [-0.2, -0.15) is 0 Å². The molecule has 2 N–H and O–H groups in total. The quantitative estimate of drug-likeness (QED) is 0.286. The lowest BCUT2D eigenvalue weighted by atomic mass is 10.1. The normalized spacial score (nSPS) is 11.2. The number of fused-ring (bicyclic) bond motifs is 1. The molecule has 0 amide bonds. The third-order valence-electron chi connectivity index (χ3n) is 3.52. The molecule has 132 valence electrons. The van der Waals surface area contributed by atoms with E-state index in [2.05, 4.69) is 51.8 Å². The van der Waals surface area contributed by atoms with Crippen molar-refractivity contribution in [1.82, 2.24) is 15.6 Å². The summed E-state index contributed by atoms with van der Waals surface area (Å²) in [6.07, 6.45) is 3.69. The zero-order valence-electron chi connectivity index (χ0n) is 14.4. The van der Waals surface area contributed by atoms with Gasteiger partial charge in [0.05, 0.1) is 5.52 Å². The molecular formula is C18H27IN4O. The Balaban J connectivity index is 0.00000288. The minimum Gasteiger partial charge on any atom is -0.385 e. The fourth-order valence-corrected chi connectivity index (χ4v) is 2.43. The number of halogens is 1. The van der Waals surface area contributed by atoms with Crippen molar-refractivity contribution in [1.29, 1.82) is 0 Å². The van der Waals surface area contributed by atoms with Crippen LogP contribution >= 0.6 is 24.0 Å². The van der Waals surface area contributed by atoms with Crippen LogP contribution in [0.5, 0.6) is 0 Å². The summed E-state index contributed by atoms with van der Waals surface area (Å²) in [5.74, 6) is 0.858. The van der Waals surface area contributed by atoms with E-state index in [-0.39, 0.29) is 24.0 Å². The lowest BCUT2D eigenvalue weighted by Gasteiger charge is -2.12. The van der Waals surface area contributed by atoms with Crippen LogP contribution in [-0.4, -0.2) is 44.3 Å². The number of hydrogen-bond acceptors (Lipinski definition) is 3. The predicted molar refractivity (Wildman–Crippen MR) is 111 cm³/mol. The highest BCUT2D eigenvalue weighted by molar-refractivity contribution is 14.0. The number of ether oxygens (including phenoxy) is 1. The zero-order valence-corrected chi connectivity index (χ0v) is 16.7. The fraction of sp³-hybridized carbons (Fsp3) is 0.444. The van der Waals surface area contributed by atoms with Gasteiger partial charge in [-0.3, -0.25) is 9.98 Å². The highest BCUT2D eigenvalue weighted by Gasteiger charge is 2.02. The smallest absolute Gasteiger partial charge is 0.191 e. The molecule has 0 fully saturated rings. The Labute approximate surface area is 161 Å². The fourth-order valence-electron chi connectivity index (χ4n) is 2.43. The Hall–Kier alpha value is -1.41. The molecule has 2 rings (SSSR count). The first-order valence-electron chi connectivity index (χ1n) is 8.19. The number of aliphatic imine (C=N–C) groups is 1. The molecule has 0 bridgehead atoms. The van der Waals surface area contributed by atoms with Gasteiger partial charge in [0.2, 0.25) is 0 Å². The molecule has 24 heavy (non-hydrogen) atoms. The largest absolute Gasteiger partial charge is 0.385 e. The van der Waals surface area contributed by atoms with Crippen LogP contribution in [0.25, 0.3) is 10.9 Å². The third kappa shape index (κ3) is 6.60. The summed E-state index contributed by atoms with van der Waals surface area (Å²) in [6.45, 7) is 5.25. The maximum atomic E-state index is 5.05. The van der Waals surface area contributed by atoms with Gasteiger partial charge in [-0.1, -0.05) is 24.3 Å². The van der Waals surface area contributed by atoms with E-state index in [1.807, 2.05) is 12.3 Å². The number of guanidine groups is 1. The molecule has 0 saturated heterocycles. The molecular weight excluding hydrogens is 415 g/mol. The molecule has 0 saturated carbocycles. The Bertz CT molecular complexity index is 628. The second-order valence-corrected chi connectivity index (χ2v) is 5.28. The van der Waals surface area contributed by atoms with Gasteiger partial charge in [0.1, 0.15) is 0 Å². The maximum Gasteiger partial charge on any atom is 0.191 e. The molecule has 1 heterocycles. The van der Waals surface area contributed by atoms with Crippen molar-refractivity contribution in [3.05, 3.63) is 42.1 Å². The van der Waals surface area contributed by atoms with Crippen molar-refractivity contribution < 1.29 is 4.74 Å². The average molecular weight is 442 g/mol. The van der Waals surface area contributed by atoms with Gasteiger partial charge >= 0.3 is 0 Å². The minimum atomic E-state index is 0. The van der Waals surface area contributed by atoms with E-state index >= 15 is 0 Å². The summed E-state index contributed by atoms with van der Waals surface area (Å²) in [5, 5.41) is 7.83. The SMILES string of the molecule is CCNC(=NCCCOC)NCCc1cccc2cccnc12.I. The zero-order chi connectivity index (χ0) is 16.3.